The van der Waals surface area contributed by atoms with Gasteiger partial charge in [-0.2, -0.15) is 0 Å². The van der Waals surface area contributed by atoms with E-state index in [1.807, 2.05) is 12.1 Å². The fraction of sp³-hybridized carbons (Fsp3) is 0.364. The van der Waals surface area contributed by atoms with Crippen molar-refractivity contribution in [3.8, 4) is 0 Å². The van der Waals surface area contributed by atoms with Crippen molar-refractivity contribution in [2.24, 2.45) is 5.92 Å². The smallest absolute Gasteiger partial charge is 0.310 e. The molecule has 1 aliphatic carbocycles. The van der Waals surface area contributed by atoms with Gasteiger partial charge in [0.1, 0.15) is 6.10 Å². The van der Waals surface area contributed by atoms with Crippen LogP contribution in [-0.2, 0) is 16.0 Å². The molecule has 0 aromatic heterocycles. The van der Waals surface area contributed by atoms with E-state index in [0.29, 0.717) is 0 Å². The first-order valence-electron chi connectivity index (χ1n) is 4.63. The average molecular weight is 174 g/mol. The van der Waals surface area contributed by atoms with Crippen LogP contribution >= 0.6 is 0 Å². The number of carbonyl (C=O) groups excluding carboxylic acids is 1. The number of esters is 1. The van der Waals surface area contributed by atoms with E-state index in [1.165, 1.54) is 11.1 Å². The molecular weight excluding hydrogens is 164 g/mol. The normalized spacial score (nSPS) is 29.7. The molecule has 0 amide bonds. The van der Waals surface area contributed by atoms with Crippen LogP contribution in [0, 0.1) is 5.92 Å². The molecule has 2 atom stereocenters. The number of benzene rings is 1. The van der Waals surface area contributed by atoms with E-state index in [4.69, 9.17) is 4.74 Å². The van der Waals surface area contributed by atoms with Gasteiger partial charge < -0.3 is 4.74 Å². The Labute approximate surface area is 76.5 Å². The van der Waals surface area contributed by atoms with Gasteiger partial charge in [-0.15, -0.1) is 0 Å². The maximum absolute atomic E-state index is 11.3. The molecule has 0 radical (unpaired) electrons. The van der Waals surface area contributed by atoms with Crippen molar-refractivity contribution < 1.29 is 9.53 Å². The molecule has 0 spiro atoms. The number of rotatable bonds is 0. The highest BCUT2D eigenvalue weighted by atomic mass is 16.6. The lowest BCUT2D eigenvalue weighted by Gasteiger charge is -2.18. The first kappa shape index (κ1) is 7.13. The minimum absolute atomic E-state index is 0.0128. The van der Waals surface area contributed by atoms with Gasteiger partial charge in [-0.1, -0.05) is 24.3 Å². The van der Waals surface area contributed by atoms with Gasteiger partial charge in [-0.3, -0.25) is 4.79 Å². The van der Waals surface area contributed by atoms with Gasteiger partial charge in [0, 0.05) is 6.42 Å². The molecule has 2 aliphatic rings. The van der Waals surface area contributed by atoms with E-state index in [2.05, 4.69) is 12.1 Å². The van der Waals surface area contributed by atoms with Crippen LogP contribution < -0.4 is 0 Å². The summed E-state index contributed by atoms with van der Waals surface area (Å²) in [5, 5.41) is 0. The second-order valence-corrected chi connectivity index (χ2v) is 3.76. The van der Waals surface area contributed by atoms with E-state index < -0.39 is 0 Å². The summed E-state index contributed by atoms with van der Waals surface area (Å²) in [6.07, 6.45) is 1.80. The second kappa shape index (κ2) is 2.34. The average Bonchev–Trinajstić information content (AvgIpc) is 2.44. The van der Waals surface area contributed by atoms with Crippen molar-refractivity contribution >= 4 is 5.97 Å². The first-order chi connectivity index (χ1) is 6.34. The van der Waals surface area contributed by atoms with Gasteiger partial charge in [-0.25, -0.2) is 0 Å². The van der Waals surface area contributed by atoms with Crippen molar-refractivity contribution in [3.05, 3.63) is 35.4 Å². The molecule has 1 saturated heterocycles. The topological polar surface area (TPSA) is 26.3 Å². The Bertz CT molecular complexity index is 370. The Kier molecular flexibility index (Phi) is 1.29. The molecule has 2 nitrogen and oxygen atoms in total. The maximum Gasteiger partial charge on any atom is 0.310 e. The molecule has 0 N–H and O–H groups in total. The fourth-order valence-electron chi connectivity index (χ4n) is 2.30. The lowest BCUT2D eigenvalue weighted by molar-refractivity contribution is -0.144. The number of carbonyl (C=O) groups is 1. The van der Waals surface area contributed by atoms with E-state index >= 15 is 0 Å². The predicted molar refractivity (Wildman–Crippen MR) is 47.1 cm³/mol. The summed E-state index contributed by atoms with van der Waals surface area (Å²) in [6, 6.07) is 8.19. The lowest BCUT2D eigenvalue weighted by atomic mass is 9.84. The Morgan fingerprint density at radius 3 is 3.08 bits per heavy atom. The van der Waals surface area contributed by atoms with E-state index in [0.717, 1.165) is 12.8 Å². The number of ether oxygens (including phenoxy) is 1. The van der Waals surface area contributed by atoms with Crippen LogP contribution in [0.2, 0.25) is 0 Å². The van der Waals surface area contributed by atoms with Crippen LogP contribution in [-0.4, -0.2) is 5.97 Å². The molecule has 1 fully saturated rings. The Hall–Kier alpha value is -1.31. The first-order valence-corrected chi connectivity index (χ1v) is 4.63. The van der Waals surface area contributed by atoms with Crippen molar-refractivity contribution in [1.82, 2.24) is 0 Å². The van der Waals surface area contributed by atoms with Crippen molar-refractivity contribution in [1.29, 1.82) is 0 Å². The molecular formula is C11H10O2. The van der Waals surface area contributed by atoms with Crippen LogP contribution in [0.5, 0.6) is 0 Å². The van der Waals surface area contributed by atoms with Crippen molar-refractivity contribution in [2.45, 2.75) is 18.9 Å². The lowest BCUT2D eigenvalue weighted by Crippen LogP contribution is -2.13. The third-order valence-corrected chi connectivity index (χ3v) is 2.96. The molecule has 1 aromatic rings. The van der Waals surface area contributed by atoms with E-state index in [1.54, 1.807) is 0 Å². The molecule has 1 heterocycles. The third kappa shape index (κ3) is 0.916. The summed E-state index contributed by atoms with van der Waals surface area (Å²) in [6.45, 7) is 0. The molecule has 2 unspecified atom stereocenters. The third-order valence-electron chi connectivity index (χ3n) is 2.96. The highest BCUT2D eigenvalue weighted by molar-refractivity contribution is 5.76. The van der Waals surface area contributed by atoms with E-state index in [-0.39, 0.29) is 18.0 Å². The van der Waals surface area contributed by atoms with Crippen LogP contribution in [0.1, 0.15) is 23.7 Å². The summed E-state index contributed by atoms with van der Waals surface area (Å²) >= 11 is 0. The van der Waals surface area contributed by atoms with Crippen LogP contribution in [0.4, 0.5) is 0 Å². The summed E-state index contributed by atoms with van der Waals surface area (Å²) in [7, 11) is 0. The quantitative estimate of drug-likeness (QED) is 0.561. The molecule has 3 rings (SSSR count). The zero-order valence-corrected chi connectivity index (χ0v) is 7.19. The van der Waals surface area contributed by atoms with Gasteiger partial charge >= 0.3 is 5.97 Å². The molecule has 2 heteroatoms. The Morgan fingerprint density at radius 1 is 1.31 bits per heavy atom. The van der Waals surface area contributed by atoms with Crippen molar-refractivity contribution in [2.75, 3.05) is 0 Å². The minimum atomic E-state index is -0.0128. The molecule has 2 bridgehead atoms. The number of hydrogen-bond donors (Lipinski definition) is 0. The number of hydrogen-bond acceptors (Lipinski definition) is 2. The van der Waals surface area contributed by atoms with Crippen LogP contribution in [0.3, 0.4) is 0 Å². The Morgan fingerprint density at radius 2 is 2.15 bits per heavy atom. The summed E-state index contributed by atoms with van der Waals surface area (Å²) in [5.74, 6) is 0.112. The molecule has 1 aromatic carbocycles. The van der Waals surface area contributed by atoms with Gasteiger partial charge in [0.25, 0.3) is 0 Å². The van der Waals surface area contributed by atoms with Gasteiger partial charge in [0.05, 0.1) is 5.92 Å². The molecule has 1 aliphatic heterocycles. The second-order valence-electron chi connectivity index (χ2n) is 3.76. The Balaban J connectivity index is 2.12. The van der Waals surface area contributed by atoms with Gasteiger partial charge in [0.2, 0.25) is 0 Å². The molecule has 13 heavy (non-hydrogen) atoms. The SMILES string of the molecule is O=C1OC2CC1Cc1ccccc12. The number of fused-ring (bicyclic) bond motifs is 4. The van der Waals surface area contributed by atoms with Crippen molar-refractivity contribution in [3.63, 3.8) is 0 Å². The summed E-state index contributed by atoms with van der Waals surface area (Å²) in [5.41, 5.74) is 2.50. The van der Waals surface area contributed by atoms with Crippen LogP contribution in [0.15, 0.2) is 24.3 Å². The highest BCUT2D eigenvalue weighted by Gasteiger charge is 2.40. The van der Waals surface area contributed by atoms with Gasteiger partial charge in [-0.05, 0) is 17.5 Å². The van der Waals surface area contributed by atoms with Gasteiger partial charge in [0.15, 0.2) is 0 Å². The fourth-order valence-corrected chi connectivity index (χ4v) is 2.30. The highest BCUT2D eigenvalue weighted by Crippen LogP contribution is 2.41. The monoisotopic (exact) mass is 174 g/mol. The minimum Gasteiger partial charge on any atom is -0.457 e. The molecule has 0 saturated carbocycles. The summed E-state index contributed by atoms with van der Waals surface area (Å²) < 4.78 is 5.27. The largest absolute Gasteiger partial charge is 0.457 e. The van der Waals surface area contributed by atoms with Crippen LogP contribution in [0.25, 0.3) is 0 Å². The predicted octanol–water partition coefficient (Wildman–Crippen LogP) is 1.85. The summed E-state index contributed by atoms with van der Waals surface area (Å²) in [4.78, 5) is 11.3. The molecule has 66 valence electrons. The zero-order chi connectivity index (χ0) is 8.84. The standard InChI is InChI=1S/C11H10O2/c12-11-8-5-7-3-1-2-4-9(7)10(6-8)13-11/h1-4,8,10H,5-6H2. The van der Waals surface area contributed by atoms with E-state index in [9.17, 15) is 4.79 Å². The maximum atomic E-state index is 11.3. The zero-order valence-electron chi connectivity index (χ0n) is 7.19.